The molecule has 0 aliphatic heterocycles. The molecule has 2 N–H and O–H groups in total. The van der Waals surface area contributed by atoms with Gasteiger partial charge in [0.1, 0.15) is 5.75 Å². The summed E-state index contributed by atoms with van der Waals surface area (Å²) in [6.45, 7) is 3.05. The molecular formula is C15H23NO. The van der Waals surface area contributed by atoms with Crippen molar-refractivity contribution < 1.29 is 4.74 Å². The van der Waals surface area contributed by atoms with E-state index in [-0.39, 0.29) is 5.54 Å². The second-order valence-electron chi connectivity index (χ2n) is 5.46. The topological polar surface area (TPSA) is 35.2 Å². The fraction of sp³-hybridized carbons (Fsp3) is 0.600. The summed E-state index contributed by atoms with van der Waals surface area (Å²) in [4.78, 5) is 0. The fourth-order valence-electron chi connectivity index (χ4n) is 2.48. The van der Waals surface area contributed by atoms with Crippen molar-refractivity contribution in [2.24, 2.45) is 11.7 Å². The number of para-hydroxylation sites is 1. The molecule has 0 heterocycles. The van der Waals surface area contributed by atoms with E-state index >= 15 is 0 Å². The highest BCUT2D eigenvalue weighted by molar-refractivity contribution is 5.20. The average molecular weight is 233 g/mol. The number of rotatable bonds is 4. The predicted molar refractivity (Wildman–Crippen MR) is 71.1 cm³/mol. The summed E-state index contributed by atoms with van der Waals surface area (Å²) < 4.78 is 5.72. The molecule has 0 amide bonds. The molecule has 0 atom stereocenters. The highest BCUT2D eigenvalue weighted by Gasteiger charge is 2.29. The summed E-state index contributed by atoms with van der Waals surface area (Å²) in [6.07, 6.45) is 5.79. The Kier molecular flexibility index (Phi) is 4.06. The van der Waals surface area contributed by atoms with Gasteiger partial charge >= 0.3 is 0 Å². The summed E-state index contributed by atoms with van der Waals surface area (Å²) in [7, 11) is 0. The summed E-state index contributed by atoms with van der Waals surface area (Å²) in [6, 6.07) is 9.98. The molecule has 0 spiro atoms. The Labute approximate surface area is 104 Å². The SMILES string of the molecule is CC1CCC(N)(CCOc2ccccc2)CC1. The van der Waals surface area contributed by atoms with Crippen LogP contribution in [-0.2, 0) is 0 Å². The third-order valence-electron chi connectivity index (χ3n) is 3.88. The maximum Gasteiger partial charge on any atom is 0.119 e. The lowest BCUT2D eigenvalue weighted by Crippen LogP contribution is -2.44. The maximum absolute atomic E-state index is 6.41. The van der Waals surface area contributed by atoms with E-state index in [1.807, 2.05) is 30.3 Å². The van der Waals surface area contributed by atoms with Crippen LogP contribution in [0.3, 0.4) is 0 Å². The van der Waals surface area contributed by atoms with E-state index < -0.39 is 0 Å². The zero-order chi connectivity index (χ0) is 12.1. The number of hydrogen-bond donors (Lipinski definition) is 1. The minimum Gasteiger partial charge on any atom is -0.494 e. The molecule has 1 saturated carbocycles. The van der Waals surface area contributed by atoms with E-state index in [0.29, 0.717) is 0 Å². The number of nitrogens with two attached hydrogens (primary N) is 1. The van der Waals surface area contributed by atoms with Crippen molar-refractivity contribution in [2.75, 3.05) is 6.61 Å². The molecule has 17 heavy (non-hydrogen) atoms. The molecule has 2 heteroatoms. The zero-order valence-electron chi connectivity index (χ0n) is 10.7. The molecule has 1 aliphatic carbocycles. The molecule has 0 unspecified atom stereocenters. The number of ether oxygens (including phenoxy) is 1. The summed E-state index contributed by atoms with van der Waals surface area (Å²) in [5.74, 6) is 1.79. The van der Waals surface area contributed by atoms with Crippen LogP contribution in [0.25, 0.3) is 0 Å². The van der Waals surface area contributed by atoms with Gasteiger partial charge in [-0.2, -0.15) is 0 Å². The second kappa shape index (κ2) is 5.54. The van der Waals surface area contributed by atoms with Gasteiger partial charge in [0.05, 0.1) is 6.61 Å². The Morgan fingerprint density at radius 1 is 1.24 bits per heavy atom. The van der Waals surface area contributed by atoms with E-state index in [2.05, 4.69) is 6.92 Å². The maximum atomic E-state index is 6.41. The molecule has 2 nitrogen and oxygen atoms in total. The van der Waals surface area contributed by atoms with Gasteiger partial charge in [0.2, 0.25) is 0 Å². The quantitative estimate of drug-likeness (QED) is 0.865. The number of hydrogen-bond acceptors (Lipinski definition) is 2. The first-order valence-electron chi connectivity index (χ1n) is 6.65. The molecule has 0 aromatic heterocycles. The largest absolute Gasteiger partial charge is 0.494 e. The van der Waals surface area contributed by atoms with E-state index in [1.165, 1.54) is 12.8 Å². The summed E-state index contributed by atoms with van der Waals surface area (Å²) >= 11 is 0. The van der Waals surface area contributed by atoms with E-state index in [4.69, 9.17) is 10.5 Å². The Morgan fingerprint density at radius 2 is 1.88 bits per heavy atom. The van der Waals surface area contributed by atoms with Crippen molar-refractivity contribution >= 4 is 0 Å². The van der Waals surface area contributed by atoms with Gasteiger partial charge in [0.15, 0.2) is 0 Å². The molecule has 0 bridgehead atoms. The van der Waals surface area contributed by atoms with E-state index in [9.17, 15) is 0 Å². The third-order valence-corrected chi connectivity index (χ3v) is 3.88. The van der Waals surface area contributed by atoms with Crippen molar-refractivity contribution in [1.29, 1.82) is 0 Å². The fourth-order valence-corrected chi connectivity index (χ4v) is 2.48. The monoisotopic (exact) mass is 233 g/mol. The molecular weight excluding hydrogens is 210 g/mol. The molecule has 1 aromatic carbocycles. The van der Waals surface area contributed by atoms with Gasteiger partial charge in [-0.3, -0.25) is 0 Å². The van der Waals surface area contributed by atoms with Crippen molar-refractivity contribution in [3.63, 3.8) is 0 Å². The van der Waals surface area contributed by atoms with Gasteiger partial charge in [0, 0.05) is 5.54 Å². The summed E-state index contributed by atoms with van der Waals surface area (Å²) in [5, 5.41) is 0. The molecule has 0 radical (unpaired) electrons. The van der Waals surface area contributed by atoms with Crippen LogP contribution in [-0.4, -0.2) is 12.1 Å². The van der Waals surface area contributed by atoms with Crippen LogP contribution in [0.4, 0.5) is 0 Å². The van der Waals surface area contributed by atoms with Gasteiger partial charge in [-0.25, -0.2) is 0 Å². The van der Waals surface area contributed by atoms with E-state index in [1.54, 1.807) is 0 Å². The minimum atomic E-state index is 0.0152. The van der Waals surface area contributed by atoms with Crippen LogP contribution in [0.5, 0.6) is 5.75 Å². The molecule has 1 aromatic rings. The lowest BCUT2D eigenvalue weighted by atomic mass is 9.76. The molecule has 1 fully saturated rings. The normalized spacial score (nSPS) is 28.9. The molecule has 2 rings (SSSR count). The van der Waals surface area contributed by atoms with Crippen molar-refractivity contribution in [3.8, 4) is 5.75 Å². The van der Waals surface area contributed by atoms with Crippen LogP contribution in [0, 0.1) is 5.92 Å². The van der Waals surface area contributed by atoms with Crippen LogP contribution in [0.15, 0.2) is 30.3 Å². The Bertz CT molecular complexity index is 328. The van der Waals surface area contributed by atoms with Crippen LogP contribution < -0.4 is 10.5 Å². The molecule has 0 saturated heterocycles. The summed E-state index contributed by atoms with van der Waals surface area (Å²) in [5.41, 5.74) is 6.42. The van der Waals surface area contributed by atoms with Gasteiger partial charge < -0.3 is 10.5 Å². The van der Waals surface area contributed by atoms with Crippen molar-refractivity contribution in [3.05, 3.63) is 30.3 Å². The first-order chi connectivity index (χ1) is 8.18. The minimum absolute atomic E-state index is 0.0152. The second-order valence-corrected chi connectivity index (χ2v) is 5.46. The Hall–Kier alpha value is -1.02. The molecule has 1 aliphatic rings. The predicted octanol–water partition coefficient (Wildman–Crippen LogP) is 3.36. The standard InChI is InChI=1S/C15H23NO/c1-13-7-9-15(16,10-8-13)11-12-17-14-5-3-2-4-6-14/h2-6,13H,7-12,16H2,1H3. The van der Waals surface area contributed by atoms with Crippen molar-refractivity contribution in [1.82, 2.24) is 0 Å². The van der Waals surface area contributed by atoms with E-state index in [0.717, 1.165) is 37.5 Å². The van der Waals surface area contributed by atoms with Crippen LogP contribution >= 0.6 is 0 Å². The first-order valence-corrected chi connectivity index (χ1v) is 6.65. The van der Waals surface area contributed by atoms with Gasteiger partial charge in [0.25, 0.3) is 0 Å². The highest BCUT2D eigenvalue weighted by atomic mass is 16.5. The lowest BCUT2D eigenvalue weighted by molar-refractivity contribution is 0.191. The first kappa shape index (κ1) is 12.4. The zero-order valence-corrected chi connectivity index (χ0v) is 10.7. The van der Waals surface area contributed by atoms with Gasteiger partial charge in [-0.15, -0.1) is 0 Å². The average Bonchev–Trinajstić information content (AvgIpc) is 2.35. The van der Waals surface area contributed by atoms with Crippen LogP contribution in [0.1, 0.15) is 39.0 Å². The van der Waals surface area contributed by atoms with Gasteiger partial charge in [-0.05, 0) is 50.2 Å². The van der Waals surface area contributed by atoms with Crippen LogP contribution in [0.2, 0.25) is 0 Å². The Balaban J connectivity index is 1.75. The number of benzene rings is 1. The smallest absolute Gasteiger partial charge is 0.119 e. The molecule has 94 valence electrons. The van der Waals surface area contributed by atoms with Crippen molar-refractivity contribution in [2.45, 2.75) is 44.6 Å². The Morgan fingerprint density at radius 3 is 2.53 bits per heavy atom. The van der Waals surface area contributed by atoms with Gasteiger partial charge in [-0.1, -0.05) is 25.1 Å². The lowest BCUT2D eigenvalue weighted by Gasteiger charge is -2.36. The highest BCUT2D eigenvalue weighted by Crippen LogP contribution is 2.32. The third kappa shape index (κ3) is 3.74.